The monoisotopic (exact) mass is 413 g/mol. The Bertz CT molecular complexity index is 780. The molecule has 0 aromatic rings. The van der Waals surface area contributed by atoms with E-state index in [1.165, 1.54) is 18.2 Å². The molecule has 4 aliphatic carbocycles. The number of hydrogen-bond donors (Lipinski definition) is 2. The van der Waals surface area contributed by atoms with E-state index in [-0.39, 0.29) is 36.0 Å². The minimum atomic E-state index is -2.03. The number of alkyl halides is 3. The van der Waals surface area contributed by atoms with Crippen LogP contribution in [0.5, 0.6) is 0 Å². The Labute approximate surface area is 168 Å². The highest BCUT2D eigenvalue weighted by atomic mass is 32.1. The fourth-order valence-corrected chi connectivity index (χ4v) is 7.61. The standard InChI is InChI=1S/C22H28F3O2S/c1-12-6-14-15-8-18(24)16-7-13(26)4-5-21(16,3)22(15,25)19(27)9-20(14,2)17(12)10-28-11-23/h4-5,7,10,12,14-15,18-19,27-28H,6,8-9,11H2,1-3H3/t12-,14+,15+,18+,19+,20+,21+,22+/m1/s1. The van der Waals surface area contributed by atoms with Crippen LogP contribution in [0.4, 0.5) is 13.2 Å². The first kappa shape index (κ1) is 20.4. The summed E-state index contributed by atoms with van der Waals surface area (Å²) in [6, 6.07) is -0.479. The number of aliphatic hydroxyl groups is 1. The minimum Gasteiger partial charge on any atom is -0.390 e. The number of carbonyl (C=O) groups excluding carboxylic acids is 1. The summed E-state index contributed by atoms with van der Waals surface area (Å²) in [6.45, 7) is 5.69. The van der Waals surface area contributed by atoms with Gasteiger partial charge in [0, 0.05) is 17.3 Å². The number of halogens is 3. The second-order valence-corrected chi connectivity index (χ2v) is 10.2. The largest absolute Gasteiger partial charge is 0.390 e. The predicted octanol–water partition coefficient (Wildman–Crippen LogP) is 4.32. The molecule has 8 atom stereocenters. The van der Waals surface area contributed by atoms with Gasteiger partial charge in [-0.1, -0.05) is 25.3 Å². The summed E-state index contributed by atoms with van der Waals surface area (Å²) in [6.07, 6.45) is 2.18. The molecule has 3 saturated carbocycles. The van der Waals surface area contributed by atoms with E-state index in [4.69, 9.17) is 0 Å². The van der Waals surface area contributed by atoms with Gasteiger partial charge in [-0.3, -0.25) is 4.79 Å². The number of thiol groups is 1. The van der Waals surface area contributed by atoms with E-state index >= 15 is 8.78 Å². The van der Waals surface area contributed by atoms with E-state index in [2.05, 4.69) is 6.92 Å². The number of rotatable bonds is 2. The Hall–Kier alpha value is -0.880. The molecule has 0 bridgehead atoms. The van der Waals surface area contributed by atoms with Crippen LogP contribution in [0.15, 0.2) is 23.8 Å². The topological polar surface area (TPSA) is 37.3 Å². The molecular weight excluding hydrogens is 385 g/mol. The fourth-order valence-electron chi connectivity index (χ4n) is 6.80. The number of allylic oxidation sites excluding steroid dienone is 4. The zero-order chi connectivity index (χ0) is 20.5. The van der Waals surface area contributed by atoms with Gasteiger partial charge in [0.15, 0.2) is 11.5 Å². The normalized spacial score (nSPS) is 51.3. The molecule has 0 aromatic carbocycles. The number of aliphatic hydroxyl groups excluding tert-OH is 1. The molecule has 0 amide bonds. The number of ketones is 1. The molecule has 0 aliphatic heterocycles. The number of hydrogen-bond acceptors (Lipinski definition) is 2. The van der Waals surface area contributed by atoms with Gasteiger partial charge in [-0.05, 0) is 61.2 Å². The van der Waals surface area contributed by atoms with Gasteiger partial charge in [-0.2, -0.15) is 11.4 Å². The van der Waals surface area contributed by atoms with Crippen LogP contribution in [-0.2, 0) is 4.79 Å². The molecule has 0 heterocycles. The number of fused-ring (bicyclic) bond motifs is 5. The highest BCUT2D eigenvalue weighted by Crippen LogP contribution is 2.70. The summed E-state index contributed by atoms with van der Waals surface area (Å²) in [5.41, 5.74) is -3.68. The first-order valence-corrected chi connectivity index (χ1v) is 11.1. The van der Waals surface area contributed by atoms with Crippen molar-refractivity contribution < 1.29 is 23.1 Å². The van der Waals surface area contributed by atoms with Crippen LogP contribution < -0.4 is 0 Å². The molecule has 2 nitrogen and oxygen atoms in total. The van der Waals surface area contributed by atoms with E-state index in [0.29, 0.717) is 17.8 Å². The Morgan fingerprint density at radius 3 is 2.71 bits per heavy atom. The maximum Gasteiger partial charge on any atom is 0.178 e. The van der Waals surface area contributed by atoms with Crippen molar-refractivity contribution >= 4 is 22.5 Å². The molecule has 0 aromatic heterocycles. The van der Waals surface area contributed by atoms with E-state index in [1.54, 1.807) is 6.92 Å². The molecular formula is C22H28F3O2S. The SMILES string of the molecule is C[C@@H]1C[C@H]2[C@@H]3C[C@H](F)C4=CC(=O)C=C[C@]4(C)[C@@]3(F)[C@@H](O)C[C@]2(C)[C]1C=[SH]CF. The maximum absolute atomic E-state index is 16.8. The third kappa shape index (κ3) is 2.46. The van der Waals surface area contributed by atoms with Crippen molar-refractivity contribution in [2.45, 2.75) is 58.0 Å². The average molecular weight is 414 g/mol. The second kappa shape index (κ2) is 6.56. The molecule has 1 N–H and O–H groups in total. The van der Waals surface area contributed by atoms with Crippen LogP contribution in [0.2, 0.25) is 0 Å². The summed E-state index contributed by atoms with van der Waals surface area (Å²) in [5, 5.41) is 13.0. The molecule has 1 radical (unpaired) electrons. The first-order chi connectivity index (χ1) is 13.1. The average Bonchev–Trinajstić information content (AvgIpc) is 2.88. The van der Waals surface area contributed by atoms with Crippen LogP contribution in [0.1, 0.15) is 40.0 Å². The van der Waals surface area contributed by atoms with Crippen molar-refractivity contribution in [3.05, 3.63) is 29.7 Å². The third-order valence-electron chi connectivity index (χ3n) is 8.12. The second-order valence-electron chi connectivity index (χ2n) is 9.38. The van der Waals surface area contributed by atoms with Gasteiger partial charge >= 0.3 is 0 Å². The van der Waals surface area contributed by atoms with Crippen LogP contribution in [-0.4, -0.2) is 40.2 Å². The molecule has 6 heteroatoms. The zero-order valence-corrected chi connectivity index (χ0v) is 17.4. The predicted molar refractivity (Wildman–Crippen MR) is 107 cm³/mol. The fraction of sp³-hybridized carbons (Fsp3) is 0.682. The highest BCUT2D eigenvalue weighted by Gasteiger charge is 2.72. The maximum atomic E-state index is 16.8. The van der Waals surface area contributed by atoms with Crippen molar-refractivity contribution in [2.75, 3.05) is 6.01 Å². The highest BCUT2D eigenvalue weighted by molar-refractivity contribution is 7.97. The quantitative estimate of drug-likeness (QED) is 0.523. The molecule has 0 saturated heterocycles. The summed E-state index contributed by atoms with van der Waals surface area (Å²) in [5.74, 6) is 0.0903. The van der Waals surface area contributed by atoms with Gasteiger partial charge in [-0.15, -0.1) is 0 Å². The first-order valence-electron chi connectivity index (χ1n) is 9.99. The van der Waals surface area contributed by atoms with Gasteiger partial charge in [0.1, 0.15) is 12.2 Å². The van der Waals surface area contributed by atoms with Gasteiger partial charge in [-0.25, -0.2) is 13.2 Å². The summed E-state index contributed by atoms with van der Waals surface area (Å²) in [4.78, 5) is 11.8. The van der Waals surface area contributed by atoms with E-state index < -0.39 is 40.7 Å². The summed E-state index contributed by atoms with van der Waals surface area (Å²) < 4.78 is 44.9. The summed E-state index contributed by atoms with van der Waals surface area (Å²) >= 11 is 0.565. The van der Waals surface area contributed by atoms with Crippen molar-refractivity contribution in [3.63, 3.8) is 0 Å². The van der Waals surface area contributed by atoms with Gasteiger partial charge < -0.3 is 5.11 Å². The molecule has 0 spiro atoms. The summed E-state index contributed by atoms with van der Waals surface area (Å²) in [7, 11) is 0. The van der Waals surface area contributed by atoms with Gasteiger partial charge in [0.05, 0.1) is 6.10 Å². The van der Waals surface area contributed by atoms with Crippen molar-refractivity contribution in [2.24, 2.45) is 28.6 Å². The van der Waals surface area contributed by atoms with Crippen LogP contribution >= 0.6 is 11.4 Å². The molecule has 0 unspecified atom stereocenters. The Kier molecular flexibility index (Phi) is 4.78. The van der Waals surface area contributed by atoms with Crippen molar-refractivity contribution in [1.82, 2.24) is 0 Å². The lowest BCUT2D eigenvalue weighted by Gasteiger charge is -2.62. The molecule has 4 aliphatic rings. The Morgan fingerprint density at radius 2 is 2.04 bits per heavy atom. The third-order valence-corrected chi connectivity index (χ3v) is 8.71. The lowest BCUT2D eigenvalue weighted by Crippen LogP contribution is -2.68. The van der Waals surface area contributed by atoms with Crippen LogP contribution in [0, 0.1) is 34.5 Å². The van der Waals surface area contributed by atoms with E-state index in [0.717, 1.165) is 5.92 Å². The smallest absolute Gasteiger partial charge is 0.178 e. The molecule has 28 heavy (non-hydrogen) atoms. The number of carbonyl (C=O) groups is 1. The van der Waals surface area contributed by atoms with E-state index in [1.807, 2.05) is 12.3 Å². The van der Waals surface area contributed by atoms with Crippen LogP contribution in [0.25, 0.3) is 0 Å². The van der Waals surface area contributed by atoms with Gasteiger partial charge in [0.2, 0.25) is 0 Å². The van der Waals surface area contributed by atoms with Crippen LogP contribution in [0.3, 0.4) is 0 Å². The van der Waals surface area contributed by atoms with Gasteiger partial charge in [0.25, 0.3) is 0 Å². The molecule has 155 valence electrons. The Balaban J connectivity index is 1.81. The zero-order valence-electron chi connectivity index (χ0n) is 16.5. The van der Waals surface area contributed by atoms with Crippen molar-refractivity contribution in [1.29, 1.82) is 0 Å². The lowest BCUT2D eigenvalue weighted by atomic mass is 9.45. The van der Waals surface area contributed by atoms with Crippen molar-refractivity contribution in [3.8, 4) is 0 Å². The minimum absolute atomic E-state index is 0.0306. The molecule has 3 fully saturated rings. The Morgan fingerprint density at radius 1 is 1.32 bits per heavy atom. The molecule has 4 rings (SSSR count). The van der Waals surface area contributed by atoms with E-state index in [9.17, 15) is 14.3 Å². The lowest BCUT2D eigenvalue weighted by molar-refractivity contribution is -0.192.